The van der Waals surface area contributed by atoms with Gasteiger partial charge in [-0.3, -0.25) is 0 Å². The van der Waals surface area contributed by atoms with E-state index in [1.165, 1.54) is 6.07 Å². The fourth-order valence-corrected chi connectivity index (χ4v) is 1.50. The SMILES string of the molecule is Fc1ccc(Br)c2c1OCCO2. The second-order valence-electron chi connectivity index (χ2n) is 2.38. The molecule has 1 aromatic carbocycles. The van der Waals surface area contributed by atoms with Gasteiger partial charge in [-0.25, -0.2) is 4.39 Å². The van der Waals surface area contributed by atoms with Crippen LogP contribution in [-0.2, 0) is 0 Å². The van der Waals surface area contributed by atoms with Crippen LogP contribution in [-0.4, -0.2) is 13.2 Å². The molecule has 0 fully saturated rings. The zero-order valence-corrected chi connectivity index (χ0v) is 7.73. The quantitative estimate of drug-likeness (QED) is 0.684. The van der Waals surface area contributed by atoms with E-state index >= 15 is 0 Å². The molecular weight excluding hydrogens is 227 g/mol. The van der Waals surface area contributed by atoms with E-state index in [1.807, 2.05) is 0 Å². The minimum absolute atomic E-state index is 0.204. The van der Waals surface area contributed by atoms with E-state index in [9.17, 15) is 4.39 Å². The van der Waals surface area contributed by atoms with E-state index in [2.05, 4.69) is 15.9 Å². The highest BCUT2D eigenvalue weighted by Gasteiger charge is 2.18. The van der Waals surface area contributed by atoms with Gasteiger partial charge in [0.25, 0.3) is 0 Å². The highest BCUT2D eigenvalue weighted by molar-refractivity contribution is 9.10. The Balaban J connectivity index is 2.57. The van der Waals surface area contributed by atoms with Gasteiger partial charge in [0.05, 0.1) is 4.47 Å². The fraction of sp³-hybridized carbons (Fsp3) is 0.250. The van der Waals surface area contributed by atoms with Crippen LogP contribution in [0.2, 0.25) is 0 Å². The predicted octanol–water partition coefficient (Wildman–Crippen LogP) is 2.36. The minimum Gasteiger partial charge on any atom is -0.485 e. The molecule has 0 unspecified atom stereocenters. The van der Waals surface area contributed by atoms with Gasteiger partial charge in [-0.15, -0.1) is 0 Å². The third kappa shape index (κ3) is 1.16. The Labute approximate surface area is 77.4 Å². The Bertz CT molecular complexity index is 283. The lowest BCUT2D eigenvalue weighted by molar-refractivity contribution is 0.163. The van der Waals surface area contributed by atoms with Gasteiger partial charge in [0.2, 0.25) is 0 Å². The van der Waals surface area contributed by atoms with Gasteiger partial charge in [0.15, 0.2) is 17.3 Å². The predicted molar refractivity (Wildman–Crippen MR) is 45.1 cm³/mol. The molecule has 0 aliphatic carbocycles. The van der Waals surface area contributed by atoms with Crippen molar-refractivity contribution in [3.63, 3.8) is 0 Å². The van der Waals surface area contributed by atoms with Crippen LogP contribution in [0.1, 0.15) is 0 Å². The van der Waals surface area contributed by atoms with Gasteiger partial charge in [0.1, 0.15) is 13.2 Å². The van der Waals surface area contributed by atoms with Gasteiger partial charge in [0, 0.05) is 0 Å². The molecule has 0 amide bonds. The van der Waals surface area contributed by atoms with Crippen molar-refractivity contribution >= 4 is 15.9 Å². The van der Waals surface area contributed by atoms with Gasteiger partial charge < -0.3 is 9.47 Å². The third-order valence-corrected chi connectivity index (χ3v) is 2.22. The van der Waals surface area contributed by atoms with E-state index in [1.54, 1.807) is 6.07 Å². The van der Waals surface area contributed by atoms with E-state index in [0.717, 1.165) is 4.47 Å². The molecule has 2 rings (SSSR count). The molecule has 1 aliphatic heterocycles. The summed E-state index contributed by atoms with van der Waals surface area (Å²) in [6, 6.07) is 2.94. The fourth-order valence-electron chi connectivity index (χ4n) is 1.07. The summed E-state index contributed by atoms with van der Waals surface area (Å²) in [6.45, 7) is 0.870. The average Bonchev–Trinajstić information content (AvgIpc) is 2.12. The molecule has 1 heterocycles. The van der Waals surface area contributed by atoms with E-state index < -0.39 is 0 Å². The molecule has 0 saturated carbocycles. The van der Waals surface area contributed by atoms with Crippen molar-refractivity contribution in [1.29, 1.82) is 0 Å². The van der Waals surface area contributed by atoms with Crippen LogP contribution < -0.4 is 9.47 Å². The second kappa shape index (κ2) is 2.94. The first-order valence-corrected chi connectivity index (χ1v) is 4.32. The first-order chi connectivity index (χ1) is 5.79. The van der Waals surface area contributed by atoms with Crippen LogP contribution in [0.5, 0.6) is 11.5 Å². The van der Waals surface area contributed by atoms with Crippen molar-refractivity contribution in [2.75, 3.05) is 13.2 Å². The van der Waals surface area contributed by atoms with Crippen molar-refractivity contribution < 1.29 is 13.9 Å². The van der Waals surface area contributed by atoms with E-state index in [-0.39, 0.29) is 11.6 Å². The van der Waals surface area contributed by atoms with Crippen molar-refractivity contribution in [2.24, 2.45) is 0 Å². The lowest BCUT2D eigenvalue weighted by Crippen LogP contribution is -2.16. The molecule has 1 aliphatic rings. The largest absolute Gasteiger partial charge is 0.485 e. The summed E-state index contributed by atoms with van der Waals surface area (Å²) in [7, 11) is 0. The summed E-state index contributed by atoms with van der Waals surface area (Å²) in [4.78, 5) is 0. The monoisotopic (exact) mass is 232 g/mol. The van der Waals surface area contributed by atoms with Crippen LogP contribution >= 0.6 is 15.9 Å². The van der Waals surface area contributed by atoms with E-state index in [0.29, 0.717) is 19.0 Å². The Morgan fingerprint density at radius 1 is 1.17 bits per heavy atom. The summed E-state index contributed by atoms with van der Waals surface area (Å²) < 4.78 is 24.1. The molecular formula is C8H6BrFO2. The molecule has 0 bridgehead atoms. The first-order valence-electron chi connectivity index (χ1n) is 3.52. The topological polar surface area (TPSA) is 18.5 Å². The molecule has 1 aromatic rings. The van der Waals surface area contributed by atoms with Crippen molar-refractivity contribution in [3.8, 4) is 11.5 Å². The molecule has 0 aromatic heterocycles. The number of rotatable bonds is 0. The smallest absolute Gasteiger partial charge is 0.198 e. The number of hydrogen-bond donors (Lipinski definition) is 0. The van der Waals surface area contributed by atoms with Crippen LogP contribution in [0.4, 0.5) is 4.39 Å². The van der Waals surface area contributed by atoms with Crippen LogP contribution in [0.15, 0.2) is 16.6 Å². The van der Waals surface area contributed by atoms with Crippen LogP contribution in [0, 0.1) is 5.82 Å². The third-order valence-electron chi connectivity index (χ3n) is 1.59. The van der Waals surface area contributed by atoms with Gasteiger partial charge in [-0.1, -0.05) is 0 Å². The maximum atomic E-state index is 13.0. The molecule has 0 atom stereocenters. The van der Waals surface area contributed by atoms with Crippen LogP contribution in [0.25, 0.3) is 0 Å². The number of fused-ring (bicyclic) bond motifs is 1. The lowest BCUT2D eigenvalue weighted by atomic mass is 10.3. The standard InChI is InChI=1S/C8H6BrFO2/c9-5-1-2-6(10)8-7(5)11-3-4-12-8/h1-2H,3-4H2. The van der Waals surface area contributed by atoms with E-state index in [4.69, 9.17) is 9.47 Å². The number of benzene rings is 1. The maximum absolute atomic E-state index is 13.0. The van der Waals surface area contributed by atoms with Gasteiger partial charge >= 0.3 is 0 Å². The number of hydrogen-bond acceptors (Lipinski definition) is 2. The summed E-state index contributed by atoms with van der Waals surface area (Å²) in [6.07, 6.45) is 0. The number of halogens is 2. The summed E-state index contributed by atoms with van der Waals surface area (Å²) in [5.74, 6) is 0.282. The first kappa shape index (κ1) is 7.86. The Kier molecular flexibility index (Phi) is 1.92. The summed E-state index contributed by atoms with van der Waals surface area (Å²) >= 11 is 3.24. The minimum atomic E-state index is -0.382. The average molecular weight is 233 g/mol. The van der Waals surface area contributed by atoms with Crippen LogP contribution in [0.3, 0.4) is 0 Å². The summed E-state index contributed by atoms with van der Waals surface area (Å²) in [5, 5.41) is 0. The Morgan fingerprint density at radius 2 is 1.83 bits per heavy atom. The van der Waals surface area contributed by atoms with Gasteiger partial charge in [-0.2, -0.15) is 0 Å². The van der Waals surface area contributed by atoms with Crippen molar-refractivity contribution in [2.45, 2.75) is 0 Å². The Hall–Kier alpha value is -0.770. The van der Waals surface area contributed by atoms with Crippen molar-refractivity contribution in [1.82, 2.24) is 0 Å². The molecule has 0 N–H and O–H groups in total. The second-order valence-corrected chi connectivity index (χ2v) is 3.24. The molecule has 0 spiro atoms. The molecule has 64 valence electrons. The highest BCUT2D eigenvalue weighted by Crippen LogP contribution is 2.38. The highest BCUT2D eigenvalue weighted by atomic mass is 79.9. The Morgan fingerprint density at radius 3 is 2.50 bits per heavy atom. The number of ether oxygens (including phenoxy) is 2. The zero-order chi connectivity index (χ0) is 8.55. The maximum Gasteiger partial charge on any atom is 0.198 e. The normalized spacial score (nSPS) is 14.5. The van der Waals surface area contributed by atoms with Gasteiger partial charge in [-0.05, 0) is 28.1 Å². The molecule has 4 heteroatoms. The molecule has 2 nitrogen and oxygen atoms in total. The molecule has 0 saturated heterocycles. The molecule has 12 heavy (non-hydrogen) atoms. The van der Waals surface area contributed by atoms with Crippen molar-refractivity contribution in [3.05, 3.63) is 22.4 Å². The lowest BCUT2D eigenvalue weighted by Gasteiger charge is -2.19. The zero-order valence-electron chi connectivity index (χ0n) is 6.14. The summed E-state index contributed by atoms with van der Waals surface area (Å²) in [5.41, 5.74) is 0. The molecule has 0 radical (unpaired) electrons.